The molecule has 1 heterocycles. The van der Waals surface area contributed by atoms with Gasteiger partial charge in [-0.25, -0.2) is 0 Å². The molecule has 1 saturated carbocycles. The molecule has 0 atom stereocenters. The van der Waals surface area contributed by atoms with E-state index in [4.69, 9.17) is 0 Å². The molecule has 0 aliphatic heterocycles. The molecule has 12 heavy (non-hydrogen) atoms. The minimum absolute atomic E-state index is 0.113. The first-order valence-corrected chi connectivity index (χ1v) is 4.30. The van der Waals surface area contributed by atoms with Crippen molar-refractivity contribution in [2.75, 3.05) is 0 Å². The SMILES string of the molecule is CC(=O)C1(c2cccn2C)CC1. The fourth-order valence-electron chi connectivity index (χ4n) is 1.87. The van der Waals surface area contributed by atoms with Gasteiger partial charge >= 0.3 is 0 Å². The van der Waals surface area contributed by atoms with Gasteiger partial charge in [-0.1, -0.05) is 0 Å². The van der Waals surface area contributed by atoms with Crippen LogP contribution in [0.15, 0.2) is 18.3 Å². The van der Waals surface area contributed by atoms with Crippen molar-refractivity contribution in [2.24, 2.45) is 7.05 Å². The maximum absolute atomic E-state index is 11.4. The Hall–Kier alpha value is -1.05. The third-order valence-electron chi connectivity index (χ3n) is 2.86. The normalized spacial score (nSPS) is 19.2. The van der Waals surface area contributed by atoms with Gasteiger partial charge in [-0.3, -0.25) is 4.79 Å². The average molecular weight is 163 g/mol. The van der Waals surface area contributed by atoms with Gasteiger partial charge in [-0.2, -0.15) is 0 Å². The fraction of sp³-hybridized carbons (Fsp3) is 0.500. The summed E-state index contributed by atoms with van der Waals surface area (Å²) in [6, 6.07) is 4.05. The maximum atomic E-state index is 11.4. The van der Waals surface area contributed by atoms with E-state index in [1.807, 2.05) is 19.3 Å². The topological polar surface area (TPSA) is 22.0 Å². The summed E-state index contributed by atoms with van der Waals surface area (Å²) in [6.45, 7) is 1.69. The molecule has 1 fully saturated rings. The van der Waals surface area contributed by atoms with Gasteiger partial charge < -0.3 is 4.57 Å². The van der Waals surface area contributed by atoms with Gasteiger partial charge in [-0.05, 0) is 31.9 Å². The maximum Gasteiger partial charge on any atom is 0.141 e. The second kappa shape index (κ2) is 2.22. The minimum Gasteiger partial charge on any atom is -0.354 e. The number of ketones is 1. The van der Waals surface area contributed by atoms with Crippen LogP contribution in [-0.4, -0.2) is 10.4 Å². The number of carbonyl (C=O) groups excluding carboxylic acids is 1. The lowest BCUT2D eigenvalue weighted by Gasteiger charge is -2.12. The number of rotatable bonds is 2. The number of Topliss-reactive ketones (excluding diaryl/α,β-unsaturated/α-hetero) is 1. The summed E-state index contributed by atoms with van der Waals surface area (Å²) in [5, 5.41) is 0. The van der Waals surface area contributed by atoms with E-state index in [9.17, 15) is 4.79 Å². The molecule has 2 nitrogen and oxygen atoms in total. The first kappa shape index (κ1) is 7.59. The molecule has 0 N–H and O–H groups in total. The Morgan fingerprint density at radius 3 is 2.58 bits per heavy atom. The predicted molar refractivity (Wildman–Crippen MR) is 47.0 cm³/mol. The molecule has 0 aromatic carbocycles. The van der Waals surface area contributed by atoms with Crippen molar-refractivity contribution in [1.29, 1.82) is 0 Å². The van der Waals surface area contributed by atoms with Crippen LogP contribution in [0.5, 0.6) is 0 Å². The molecule has 2 heteroatoms. The second-order valence-corrected chi connectivity index (χ2v) is 3.64. The fourth-order valence-corrected chi connectivity index (χ4v) is 1.87. The summed E-state index contributed by atoms with van der Waals surface area (Å²) in [6.07, 6.45) is 4.05. The van der Waals surface area contributed by atoms with E-state index in [2.05, 4.69) is 10.6 Å². The smallest absolute Gasteiger partial charge is 0.141 e. The highest BCUT2D eigenvalue weighted by molar-refractivity contribution is 5.90. The molecule has 1 aliphatic carbocycles. The molecule has 0 unspecified atom stereocenters. The number of aromatic nitrogens is 1. The van der Waals surface area contributed by atoms with Crippen LogP contribution in [0.3, 0.4) is 0 Å². The Bertz CT molecular complexity index is 320. The summed E-state index contributed by atoms with van der Waals surface area (Å²) < 4.78 is 2.05. The molecule has 1 aliphatic rings. The number of hydrogen-bond acceptors (Lipinski definition) is 1. The van der Waals surface area contributed by atoms with Crippen molar-refractivity contribution >= 4 is 5.78 Å². The summed E-state index contributed by atoms with van der Waals surface area (Å²) >= 11 is 0. The van der Waals surface area contributed by atoms with E-state index in [0.717, 1.165) is 12.8 Å². The van der Waals surface area contributed by atoms with E-state index < -0.39 is 0 Å². The first-order chi connectivity index (χ1) is 5.67. The molecule has 2 rings (SSSR count). The van der Waals surface area contributed by atoms with Gasteiger partial charge in [0.05, 0.1) is 5.41 Å². The molecule has 1 aromatic rings. The van der Waals surface area contributed by atoms with Crippen molar-refractivity contribution in [1.82, 2.24) is 4.57 Å². The van der Waals surface area contributed by atoms with Crippen LogP contribution >= 0.6 is 0 Å². The van der Waals surface area contributed by atoms with E-state index in [0.29, 0.717) is 5.78 Å². The standard InChI is InChI=1S/C10H13NO/c1-8(12)10(5-6-10)9-4-3-7-11(9)2/h3-4,7H,5-6H2,1-2H3. The molecular weight excluding hydrogens is 150 g/mol. The van der Waals surface area contributed by atoms with Gasteiger partial charge in [0.25, 0.3) is 0 Å². The summed E-state index contributed by atoms with van der Waals surface area (Å²) in [5.74, 6) is 0.310. The number of carbonyl (C=O) groups is 1. The molecule has 64 valence electrons. The van der Waals surface area contributed by atoms with Gasteiger partial charge in [0.15, 0.2) is 0 Å². The lowest BCUT2D eigenvalue weighted by Crippen LogP contribution is -2.19. The lowest BCUT2D eigenvalue weighted by molar-refractivity contribution is -0.119. The zero-order valence-electron chi connectivity index (χ0n) is 7.50. The van der Waals surface area contributed by atoms with Gasteiger partial charge in [0.1, 0.15) is 5.78 Å². The molecule has 0 saturated heterocycles. The Labute approximate surface area is 72.2 Å². The molecular formula is C10H13NO. The summed E-state index contributed by atoms with van der Waals surface area (Å²) in [7, 11) is 2.00. The molecule has 0 spiro atoms. The first-order valence-electron chi connectivity index (χ1n) is 4.30. The highest BCUT2D eigenvalue weighted by atomic mass is 16.1. The summed E-state index contributed by atoms with van der Waals surface area (Å²) in [4.78, 5) is 11.4. The van der Waals surface area contributed by atoms with Crippen LogP contribution in [0, 0.1) is 0 Å². The van der Waals surface area contributed by atoms with Crippen molar-refractivity contribution in [2.45, 2.75) is 25.2 Å². The van der Waals surface area contributed by atoms with Crippen LogP contribution < -0.4 is 0 Å². The van der Waals surface area contributed by atoms with Crippen molar-refractivity contribution < 1.29 is 4.79 Å². The molecule has 1 aromatic heterocycles. The van der Waals surface area contributed by atoms with Crippen LogP contribution in [0.2, 0.25) is 0 Å². The molecule has 0 radical (unpaired) electrons. The minimum atomic E-state index is -0.113. The highest BCUT2D eigenvalue weighted by Gasteiger charge is 2.50. The summed E-state index contributed by atoms with van der Waals surface area (Å²) in [5.41, 5.74) is 1.06. The monoisotopic (exact) mass is 163 g/mol. The predicted octanol–water partition coefficient (Wildman–Crippen LogP) is 1.65. The van der Waals surface area contributed by atoms with Crippen molar-refractivity contribution in [3.05, 3.63) is 24.0 Å². The van der Waals surface area contributed by atoms with Crippen molar-refractivity contribution in [3.8, 4) is 0 Å². The zero-order chi connectivity index (χ0) is 8.77. The zero-order valence-corrected chi connectivity index (χ0v) is 7.50. The van der Waals surface area contributed by atoms with Crippen LogP contribution in [-0.2, 0) is 17.3 Å². The Balaban J connectivity index is 2.43. The van der Waals surface area contributed by atoms with E-state index in [1.165, 1.54) is 5.69 Å². The van der Waals surface area contributed by atoms with E-state index in [-0.39, 0.29) is 5.41 Å². The van der Waals surface area contributed by atoms with Crippen LogP contribution in [0.4, 0.5) is 0 Å². The van der Waals surface area contributed by atoms with Gasteiger partial charge in [0.2, 0.25) is 0 Å². The molecule has 0 amide bonds. The quantitative estimate of drug-likeness (QED) is 0.649. The van der Waals surface area contributed by atoms with Gasteiger partial charge in [-0.15, -0.1) is 0 Å². The highest BCUT2D eigenvalue weighted by Crippen LogP contribution is 2.48. The Morgan fingerprint density at radius 1 is 1.58 bits per heavy atom. The van der Waals surface area contributed by atoms with Crippen LogP contribution in [0.25, 0.3) is 0 Å². The Kier molecular flexibility index (Phi) is 1.40. The number of aryl methyl sites for hydroxylation is 1. The third kappa shape index (κ3) is 0.840. The Morgan fingerprint density at radius 2 is 2.25 bits per heavy atom. The largest absolute Gasteiger partial charge is 0.354 e. The molecule has 0 bridgehead atoms. The number of nitrogens with zero attached hydrogens (tertiary/aromatic N) is 1. The third-order valence-corrected chi connectivity index (χ3v) is 2.86. The second-order valence-electron chi connectivity index (χ2n) is 3.64. The van der Waals surface area contributed by atoms with E-state index >= 15 is 0 Å². The van der Waals surface area contributed by atoms with Crippen LogP contribution in [0.1, 0.15) is 25.5 Å². The number of hydrogen-bond donors (Lipinski definition) is 0. The average Bonchev–Trinajstić information content (AvgIpc) is 2.71. The lowest BCUT2D eigenvalue weighted by atomic mass is 9.98. The van der Waals surface area contributed by atoms with Gasteiger partial charge in [0, 0.05) is 18.9 Å². The van der Waals surface area contributed by atoms with Crippen molar-refractivity contribution in [3.63, 3.8) is 0 Å². The van der Waals surface area contributed by atoms with E-state index in [1.54, 1.807) is 6.92 Å².